The molecule has 0 spiro atoms. The molecule has 1 aromatic heterocycles. The standard InChI is InChI=1S/C31H37N3O2/c1-22(2)25-16-15-23(3)21-29(25)36-20-10-9-19-34-28-14-8-7-13-27(28)33-30(34)17-18-32-31(35)26-12-6-5-11-24(26)4/h5-8,11-16,21-22H,9-10,17-20H2,1-4H3,(H,32,35). The van der Waals surface area contributed by atoms with Gasteiger partial charge in [0, 0.05) is 25.1 Å². The Balaban J connectivity index is 1.35. The van der Waals surface area contributed by atoms with Crippen LogP contribution in [0.4, 0.5) is 0 Å². The number of imidazole rings is 1. The number of amides is 1. The largest absolute Gasteiger partial charge is 0.493 e. The van der Waals surface area contributed by atoms with Gasteiger partial charge < -0.3 is 14.6 Å². The number of ether oxygens (including phenoxy) is 1. The number of fused-ring (bicyclic) bond motifs is 1. The van der Waals surface area contributed by atoms with Crippen molar-refractivity contribution in [3.05, 3.63) is 94.8 Å². The lowest BCUT2D eigenvalue weighted by Gasteiger charge is -2.15. The van der Waals surface area contributed by atoms with E-state index in [9.17, 15) is 4.79 Å². The molecular formula is C31H37N3O2. The quantitative estimate of drug-likeness (QED) is 0.244. The summed E-state index contributed by atoms with van der Waals surface area (Å²) < 4.78 is 8.48. The van der Waals surface area contributed by atoms with Gasteiger partial charge in [-0.15, -0.1) is 0 Å². The van der Waals surface area contributed by atoms with Crippen molar-refractivity contribution in [2.24, 2.45) is 0 Å². The highest BCUT2D eigenvalue weighted by Crippen LogP contribution is 2.27. The van der Waals surface area contributed by atoms with Crippen LogP contribution < -0.4 is 10.1 Å². The minimum absolute atomic E-state index is 0.0372. The summed E-state index contributed by atoms with van der Waals surface area (Å²) in [5.41, 5.74) is 6.32. The third-order valence-corrected chi connectivity index (χ3v) is 6.58. The molecule has 0 aliphatic rings. The van der Waals surface area contributed by atoms with Gasteiger partial charge in [-0.3, -0.25) is 4.79 Å². The molecule has 5 nitrogen and oxygen atoms in total. The second-order valence-corrected chi connectivity index (χ2v) is 9.74. The first-order valence-electron chi connectivity index (χ1n) is 13.0. The van der Waals surface area contributed by atoms with E-state index < -0.39 is 0 Å². The van der Waals surface area contributed by atoms with Gasteiger partial charge in [-0.05, 0) is 73.6 Å². The van der Waals surface area contributed by atoms with Gasteiger partial charge in [-0.25, -0.2) is 4.98 Å². The predicted molar refractivity (Wildman–Crippen MR) is 147 cm³/mol. The van der Waals surface area contributed by atoms with Crippen molar-refractivity contribution in [3.63, 3.8) is 0 Å². The number of carbonyl (C=O) groups excluding carboxylic acids is 1. The average Bonchev–Trinajstić information content (AvgIpc) is 3.21. The highest BCUT2D eigenvalue weighted by Gasteiger charge is 2.13. The number of benzene rings is 3. The van der Waals surface area contributed by atoms with Crippen LogP contribution in [-0.2, 0) is 13.0 Å². The molecule has 3 aromatic carbocycles. The van der Waals surface area contributed by atoms with Crippen LogP contribution in [0.25, 0.3) is 11.0 Å². The monoisotopic (exact) mass is 483 g/mol. The predicted octanol–water partition coefficient (Wildman–Crippen LogP) is 6.61. The van der Waals surface area contributed by atoms with E-state index in [-0.39, 0.29) is 5.91 Å². The molecule has 4 rings (SSSR count). The molecule has 0 atom stereocenters. The molecule has 1 amide bonds. The van der Waals surface area contributed by atoms with E-state index in [1.54, 1.807) is 0 Å². The van der Waals surface area contributed by atoms with E-state index in [2.05, 4.69) is 67.1 Å². The summed E-state index contributed by atoms with van der Waals surface area (Å²) in [6.07, 6.45) is 2.64. The molecule has 36 heavy (non-hydrogen) atoms. The minimum Gasteiger partial charge on any atom is -0.493 e. The highest BCUT2D eigenvalue weighted by molar-refractivity contribution is 5.95. The van der Waals surface area contributed by atoms with Gasteiger partial charge in [0.2, 0.25) is 0 Å². The fourth-order valence-corrected chi connectivity index (χ4v) is 4.57. The second kappa shape index (κ2) is 11.9. The Kier molecular flexibility index (Phi) is 8.42. The first-order chi connectivity index (χ1) is 17.4. The molecule has 0 saturated carbocycles. The molecule has 0 radical (unpaired) electrons. The average molecular weight is 484 g/mol. The molecule has 1 heterocycles. The van der Waals surface area contributed by atoms with E-state index in [1.165, 1.54) is 11.1 Å². The lowest BCUT2D eigenvalue weighted by Crippen LogP contribution is -2.27. The van der Waals surface area contributed by atoms with Crippen LogP contribution >= 0.6 is 0 Å². The molecule has 4 aromatic rings. The number of aromatic nitrogens is 2. The normalized spacial score (nSPS) is 11.2. The van der Waals surface area contributed by atoms with Crippen LogP contribution in [0.2, 0.25) is 0 Å². The molecule has 0 unspecified atom stereocenters. The molecule has 5 heteroatoms. The number of nitrogens with zero attached hydrogens (tertiary/aromatic N) is 2. The van der Waals surface area contributed by atoms with Crippen LogP contribution in [0.15, 0.2) is 66.7 Å². The minimum atomic E-state index is -0.0372. The van der Waals surface area contributed by atoms with E-state index in [0.717, 1.165) is 53.1 Å². The number of rotatable bonds is 11. The smallest absolute Gasteiger partial charge is 0.251 e. The summed E-state index contributed by atoms with van der Waals surface area (Å²) in [6.45, 7) is 10.6. The zero-order valence-corrected chi connectivity index (χ0v) is 21.9. The van der Waals surface area contributed by atoms with Crippen LogP contribution in [0.1, 0.15) is 65.5 Å². The van der Waals surface area contributed by atoms with E-state index in [4.69, 9.17) is 9.72 Å². The Labute approximate surface area is 214 Å². The van der Waals surface area contributed by atoms with Crippen LogP contribution in [0.5, 0.6) is 5.75 Å². The summed E-state index contributed by atoms with van der Waals surface area (Å²) in [7, 11) is 0. The number of nitrogens with one attached hydrogen (secondary N) is 1. The van der Waals surface area contributed by atoms with E-state index >= 15 is 0 Å². The van der Waals surface area contributed by atoms with Gasteiger partial charge in [0.1, 0.15) is 11.6 Å². The molecule has 0 bridgehead atoms. The van der Waals surface area contributed by atoms with Gasteiger partial charge >= 0.3 is 0 Å². The fraction of sp³-hybridized carbons (Fsp3) is 0.355. The van der Waals surface area contributed by atoms with Gasteiger partial charge in [-0.2, -0.15) is 0 Å². The van der Waals surface area contributed by atoms with Gasteiger partial charge in [0.05, 0.1) is 17.6 Å². The van der Waals surface area contributed by atoms with E-state index in [0.29, 0.717) is 25.5 Å². The first kappa shape index (κ1) is 25.5. The second-order valence-electron chi connectivity index (χ2n) is 9.74. The lowest BCUT2D eigenvalue weighted by molar-refractivity contribution is 0.0953. The molecule has 0 fully saturated rings. The number of hydrogen-bond donors (Lipinski definition) is 1. The molecule has 0 aliphatic carbocycles. The number of unbranched alkanes of at least 4 members (excludes halogenated alkanes) is 1. The Bertz CT molecular complexity index is 1320. The van der Waals surface area contributed by atoms with Gasteiger partial charge in [-0.1, -0.05) is 56.3 Å². The van der Waals surface area contributed by atoms with Crippen molar-refractivity contribution in [2.45, 2.75) is 59.4 Å². The summed E-state index contributed by atoms with van der Waals surface area (Å²) in [4.78, 5) is 17.5. The SMILES string of the molecule is Cc1ccc(C(C)C)c(OCCCCn2c(CCNC(=O)c3ccccc3C)nc3ccccc32)c1. The van der Waals surface area contributed by atoms with E-state index in [1.807, 2.05) is 37.3 Å². The number of carbonyl (C=O) groups is 1. The Morgan fingerprint density at radius 2 is 1.78 bits per heavy atom. The molecule has 188 valence electrons. The summed E-state index contributed by atoms with van der Waals surface area (Å²) >= 11 is 0. The maximum absolute atomic E-state index is 12.6. The third-order valence-electron chi connectivity index (χ3n) is 6.58. The Morgan fingerprint density at radius 3 is 2.58 bits per heavy atom. The molecule has 0 saturated heterocycles. The molecule has 0 aliphatic heterocycles. The van der Waals surface area contributed by atoms with Crippen LogP contribution in [-0.4, -0.2) is 28.6 Å². The Hall–Kier alpha value is -3.60. The maximum Gasteiger partial charge on any atom is 0.251 e. The summed E-state index contributed by atoms with van der Waals surface area (Å²) in [5.74, 6) is 2.41. The van der Waals surface area contributed by atoms with Crippen molar-refractivity contribution in [1.82, 2.24) is 14.9 Å². The summed E-state index contributed by atoms with van der Waals surface area (Å²) in [6, 6.07) is 22.4. The first-order valence-corrected chi connectivity index (χ1v) is 13.0. The molecular weight excluding hydrogens is 446 g/mol. The molecule has 1 N–H and O–H groups in total. The number of para-hydroxylation sites is 2. The van der Waals surface area contributed by atoms with Crippen molar-refractivity contribution < 1.29 is 9.53 Å². The number of aryl methyl sites for hydroxylation is 3. The lowest BCUT2D eigenvalue weighted by atomic mass is 10.0. The zero-order valence-electron chi connectivity index (χ0n) is 21.9. The number of hydrogen-bond acceptors (Lipinski definition) is 3. The third kappa shape index (κ3) is 6.14. The van der Waals surface area contributed by atoms with Crippen LogP contribution in [0.3, 0.4) is 0 Å². The van der Waals surface area contributed by atoms with Crippen molar-refractivity contribution in [3.8, 4) is 5.75 Å². The maximum atomic E-state index is 12.6. The van der Waals surface area contributed by atoms with Gasteiger partial charge in [0.15, 0.2) is 0 Å². The zero-order chi connectivity index (χ0) is 25.5. The van der Waals surface area contributed by atoms with Crippen LogP contribution in [0, 0.1) is 13.8 Å². The van der Waals surface area contributed by atoms with Crippen molar-refractivity contribution >= 4 is 16.9 Å². The van der Waals surface area contributed by atoms with Gasteiger partial charge in [0.25, 0.3) is 5.91 Å². The highest BCUT2D eigenvalue weighted by atomic mass is 16.5. The van der Waals surface area contributed by atoms with Crippen molar-refractivity contribution in [2.75, 3.05) is 13.2 Å². The Morgan fingerprint density at radius 1 is 1.00 bits per heavy atom. The fourth-order valence-electron chi connectivity index (χ4n) is 4.57. The summed E-state index contributed by atoms with van der Waals surface area (Å²) in [5, 5.41) is 3.06. The van der Waals surface area contributed by atoms with Crippen molar-refractivity contribution in [1.29, 1.82) is 0 Å². The topological polar surface area (TPSA) is 56.1 Å².